The number of carbonyl (C=O) groups is 1. The van der Waals surface area contributed by atoms with Gasteiger partial charge in [-0.1, -0.05) is 39.0 Å². The summed E-state index contributed by atoms with van der Waals surface area (Å²) in [4.78, 5) is 10.4. The average Bonchev–Trinajstić information content (AvgIpc) is 2.22. The number of sulfone groups is 1. The zero-order chi connectivity index (χ0) is 12.6. The summed E-state index contributed by atoms with van der Waals surface area (Å²) in [5.74, 6) is -1.56. The quantitative estimate of drug-likeness (QED) is 0.569. The van der Waals surface area contributed by atoms with E-state index < -0.39 is 21.1 Å². The smallest absolute Gasteiger partial charge is 0.158 e. The molecule has 4 nitrogen and oxygen atoms in total. The Hall–Kier alpha value is -0.580. The minimum atomic E-state index is -3.51. The number of unbranched alkanes of at least 4 members (excludes halogenated alkanes) is 5. The molecule has 1 atom stereocenters. The maximum absolute atomic E-state index is 11.4. The van der Waals surface area contributed by atoms with Crippen LogP contribution in [0.4, 0.5) is 0 Å². The third-order valence-electron chi connectivity index (χ3n) is 2.65. The minimum Gasteiger partial charge on any atom is -0.549 e. The van der Waals surface area contributed by atoms with Crippen LogP contribution in [0.2, 0.25) is 0 Å². The van der Waals surface area contributed by atoms with Crippen molar-refractivity contribution in [3.05, 3.63) is 0 Å². The lowest BCUT2D eigenvalue weighted by Crippen LogP contribution is -2.39. The summed E-state index contributed by atoms with van der Waals surface area (Å²) in [6, 6.07) is 0. The van der Waals surface area contributed by atoms with Crippen molar-refractivity contribution in [2.24, 2.45) is 0 Å². The minimum absolute atomic E-state index is 0.0473. The molecule has 0 aliphatic heterocycles. The van der Waals surface area contributed by atoms with Crippen molar-refractivity contribution < 1.29 is 18.3 Å². The van der Waals surface area contributed by atoms with E-state index in [9.17, 15) is 18.3 Å². The molecule has 0 bridgehead atoms. The van der Waals surface area contributed by atoms with Crippen LogP contribution in [-0.2, 0) is 14.6 Å². The van der Waals surface area contributed by atoms with E-state index in [1.807, 2.05) is 0 Å². The Morgan fingerprint density at radius 1 is 1.12 bits per heavy atom. The van der Waals surface area contributed by atoms with Gasteiger partial charge in [-0.25, -0.2) is 8.42 Å². The highest BCUT2D eigenvalue weighted by molar-refractivity contribution is 7.92. The Labute approximate surface area is 98.0 Å². The van der Waals surface area contributed by atoms with Gasteiger partial charge in [-0.3, -0.25) is 0 Å². The second-order valence-electron chi connectivity index (χ2n) is 4.10. The van der Waals surface area contributed by atoms with E-state index in [-0.39, 0.29) is 5.75 Å². The van der Waals surface area contributed by atoms with Gasteiger partial charge in [0, 0.05) is 0 Å². The summed E-state index contributed by atoms with van der Waals surface area (Å²) in [7, 11) is -3.51. The highest BCUT2D eigenvalue weighted by atomic mass is 32.2. The van der Waals surface area contributed by atoms with Gasteiger partial charge < -0.3 is 9.90 Å². The molecule has 96 valence electrons. The number of carboxylic acids is 1. The van der Waals surface area contributed by atoms with Gasteiger partial charge in [0.15, 0.2) is 9.84 Å². The molecule has 0 rings (SSSR count). The lowest BCUT2D eigenvalue weighted by atomic mass is 10.1. The molecule has 0 saturated heterocycles. The molecule has 0 aromatic heterocycles. The molecule has 0 radical (unpaired) electrons. The van der Waals surface area contributed by atoms with E-state index in [0.29, 0.717) is 6.42 Å². The van der Waals surface area contributed by atoms with Crippen LogP contribution in [-0.4, -0.2) is 25.4 Å². The maximum atomic E-state index is 11.4. The number of rotatable bonds is 9. The number of carboxylic acid groups (broad SMARTS) is 1. The van der Waals surface area contributed by atoms with Crippen molar-refractivity contribution in [1.29, 1.82) is 0 Å². The fourth-order valence-electron chi connectivity index (χ4n) is 1.41. The van der Waals surface area contributed by atoms with E-state index >= 15 is 0 Å². The van der Waals surface area contributed by atoms with Crippen molar-refractivity contribution in [1.82, 2.24) is 0 Å². The molecular weight excluding hydrogens is 228 g/mol. The van der Waals surface area contributed by atoms with E-state index in [1.54, 1.807) is 0 Å². The fourth-order valence-corrected chi connectivity index (χ4v) is 2.66. The van der Waals surface area contributed by atoms with Crippen LogP contribution in [0.15, 0.2) is 0 Å². The molecule has 0 aromatic rings. The number of aliphatic carboxylic acids is 1. The van der Waals surface area contributed by atoms with Crippen LogP contribution >= 0.6 is 0 Å². The molecule has 1 unspecified atom stereocenters. The molecule has 0 fully saturated rings. The standard InChI is InChI=1S/C11H22O4S/c1-3-4-5-6-7-8-9-16(14,15)10(2)11(12)13/h10H,3-9H2,1-2H3,(H,12,13)/p-1. The third kappa shape index (κ3) is 6.10. The molecule has 0 heterocycles. The van der Waals surface area contributed by atoms with Crippen LogP contribution in [0.3, 0.4) is 0 Å². The molecular formula is C11H21O4S-. The highest BCUT2D eigenvalue weighted by Crippen LogP contribution is 2.09. The zero-order valence-corrected chi connectivity index (χ0v) is 10.9. The highest BCUT2D eigenvalue weighted by Gasteiger charge is 2.20. The monoisotopic (exact) mass is 249 g/mol. The van der Waals surface area contributed by atoms with Gasteiger partial charge >= 0.3 is 0 Å². The van der Waals surface area contributed by atoms with Crippen LogP contribution in [0.1, 0.15) is 52.4 Å². The van der Waals surface area contributed by atoms with Gasteiger partial charge in [-0.15, -0.1) is 0 Å². The first-order valence-corrected chi connectivity index (χ1v) is 7.55. The predicted octanol–water partition coefficient (Wildman–Crippen LogP) is 0.900. The number of hydrogen-bond donors (Lipinski definition) is 0. The first-order chi connectivity index (χ1) is 7.41. The van der Waals surface area contributed by atoms with E-state index in [0.717, 1.165) is 25.7 Å². The second-order valence-corrected chi connectivity index (χ2v) is 6.54. The first-order valence-electron chi connectivity index (χ1n) is 5.84. The van der Waals surface area contributed by atoms with Crippen molar-refractivity contribution >= 4 is 15.8 Å². The summed E-state index contributed by atoms with van der Waals surface area (Å²) in [5.41, 5.74) is 0. The molecule has 0 aromatic carbocycles. The predicted molar refractivity (Wildman–Crippen MR) is 61.6 cm³/mol. The lowest BCUT2D eigenvalue weighted by molar-refractivity contribution is -0.304. The van der Waals surface area contributed by atoms with Gasteiger partial charge in [-0.05, 0) is 13.3 Å². The molecule has 0 spiro atoms. The largest absolute Gasteiger partial charge is 0.549 e. The van der Waals surface area contributed by atoms with Gasteiger partial charge in [0.25, 0.3) is 0 Å². The molecule has 0 amide bonds. The van der Waals surface area contributed by atoms with Crippen LogP contribution in [0.25, 0.3) is 0 Å². The Bertz CT molecular complexity index is 295. The fraction of sp³-hybridized carbons (Fsp3) is 0.909. The summed E-state index contributed by atoms with van der Waals surface area (Å²) >= 11 is 0. The average molecular weight is 249 g/mol. The topological polar surface area (TPSA) is 74.3 Å². The zero-order valence-electron chi connectivity index (χ0n) is 10.1. The SMILES string of the molecule is CCCCCCCCS(=O)(=O)C(C)C(=O)[O-]. The first kappa shape index (κ1) is 15.4. The van der Waals surface area contributed by atoms with Crippen LogP contribution in [0, 0.1) is 0 Å². The number of carbonyl (C=O) groups excluding carboxylic acids is 1. The van der Waals surface area contributed by atoms with E-state index in [4.69, 9.17) is 0 Å². The van der Waals surface area contributed by atoms with E-state index in [2.05, 4.69) is 6.92 Å². The maximum Gasteiger partial charge on any atom is 0.158 e. The summed E-state index contributed by atoms with van der Waals surface area (Å²) in [5, 5.41) is 9.04. The Balaban J connectivity index is 3.79. The number of hydrogen-bond acceptors (Lipinski definition) is 4. The molecule has 0 N–H and O–H groups in total. The lowest BCUT2D eigenvalue weighted by Gasteiger charge is -2.13. The van der Waals surface area contributed by atoms with Gasteiger partial charge in [0.1, 0.15) is 0 Å². The van der Waals surface area contributed by atoms with E-state index in [1.165, 1.54) is 13.3 Å². The Morgan fingerprint density at radius 3 is 2.12 bits per heavy atom. The Kier molecular flexibility index (Phi) is 7.38. The van der Waals surface area contributed by atoms with Gasteiger partial charge in [0.05, 0.1) is 17.0 Å². The third-order valence-corrected chi connectivity index (χ3v) is 4.78. The van der Waals surface area contributed by atoms with Gasteiger partial charge in [-0.2, -0.15) is 0 Å². The van der Waals surface area contributed by atoms with Crippen molar-refractivity contribution in [3.63, 3.8) is 0 Å². The molecule has 0 aliphatic rings. The van der Waals surface area contributed by atoms with Crippen LogP contribution in [0.5, 0.6) is 0 Å². The van der Waals surface area contributed by atoms with Crippen molar-refractivity contribution in [3.8, 4) is 0 Å². The molecule has 0 saturated carbocycles. The normalized spacial score (nSPS) is 13.6. The van der Waals surface area contributed by atoms with Crippen molar-refractivity contribution in [2.75, 3.05) is 5.75 Å². The summed E-state index contributed by atoms with van der Waals surface area (Å²) in [6.07, 6.45) is 5.85. The van der Waals surface area contributed by atoms with Crippen LogP contribution < -0.4 is 5.11 Å². The van der Waals surface area contributed by atoms with Crippen molar-refractivity contribution in [2.45, 2.75) is 57.6 Å². The second kappa shape index (κ2) is 7.65. The summed E-state index contributed by atoms with van der Waals surface area (Å²) < 4.78 is 22.9. The molecule has 16 heavy (non-hydrogen) atoms. The molecule has 0 aliphatic carbocycles. The Morgan fingerprint density at radius 2 is 1.62 bits per heavy atom. The molecule has 5 heteroatoms. The van der Waals surface area contributed by atoms with Gasteiger partial charge in [0.2, 0.25) is 0 Å². The summed E-state index contributed by atoms with van der Waals surface area (Å²) in [6.45, 7) is 3.29.